The smallest absolute Gasteiger partial charge is 0.116 e. The molecular formula is C22H16N2O2. The fourth-order valence-electron chi connectivity index (χ4n) is 2.84. The van der Waals surface area contributed by atoms with E-state index in [2.05, 4.69) is 4.98 Å². The van der Waals surface area contributed by atoms with Gasteiger partial charge in [0, 0.05) is 22.9 Å². The van der Waals surface area contributed by atoms with Crippen molar-refractivity contribution >= 4 is 0 Å². The molecule has 0 bridgehead atoms. The van der Waals surface area contributed by atoms with E-state index in [0.717, 1.165) is 33.8 Å². The van der Waals surface area contributed by atoms with Gasteiger partial charge < -0.3 is 10.2 Å². The molecule has 0 atom stereocenters. The quantitative estimate of drug-likeness (QED) is 0.557. The van der Waals surface area contributed by atoms with Crippen molar-refractivity contribution in [1.82, 2.24) is 9.97 Å². The zero-order valence-corrected chi connectivity index (χ0v) is 13.9. The normalized spacial score (nSPS) is 10.6. The van der Waals surface area contributed by atoms with Crippen molar-refractivity contribution in [3.05, 3.63) is 85.1 Å². The summed E-state index contributed by atoms with van der Waals surface area (Å²) in [6.45, 7) is 0. The summed E-state index contributed by atoms with van der Waals surface area (Å²) in [5, 5.41) is 19.6. The zero-order valence-electron chi connectivity index (χ0n) is 13.9. The number of phenols is 2. The highest BCUT2D eigenvalue weighted by Crippen LogP contribution is 2.31. The lowest BCUT2D eigenvalue weighted by Crippen LogP contribution is -1.92. The summed E-state index contributed by atoms with van der Waals surface area (Å²) in [6, 6.07) is 23.6. The molecule has 2 N–H and O–H groups in total. The fourth-order valence-corrected chi connectivity index (χ4v) is 2.84. The van der Waals surface area contributed by atoms with Crippen LogP contribution in [0.1, 0.15) is 0 Å². The maximum Gasteiger partial charge on any atom is 0.116 e. The molecule has 4 nitrogen and oxygen atoms in total. The van der Waals surface area contributed by atoms with Gasteiger partial charge in [-0.25, -0.2) is 4.98 Å². The summed E-state index contributed by atoms with van der Waals surface area (Å²) < 4.78 is 0. The Bertz CT molecular complexity index is 999. The van der Waals surface area contributed by atoms with Gasteiger partial charge in [-0.3, -0.25) is 4.98 Å². The second-order valence-corrected chi connectivity index (χ2v) is 5.94. The summed E-state index contributed by atoms with van der Waals surface area (Å²) in [7, 11) is 0. The van der Waals surface area contributed by atoms with E-state index in [1.807, 2.05) is 42.5 Å². The third-order valence-corrected chi connectivity index (χ3v) is 4.07. The largest absolute Gasteiger partial charge is 0.508 e. The van der Waals surface area contributed by atoms with E-state index < -0.39 is 0 Å². The highest BCUT2D eigenvalue weighted by Gasteiger charge is 2.10. The van der Waals surface area contributed by atoms with Crippen LogP contribution in [-0.4, -0.2) is 20.2 Å². The Hall–Kier alpha value is -3.66. The van der Waals surface area contributed by atoms with E-state index in [0.29, 0.717) is 0 Å². The monoisotopic (exact) mass is 340 g/mol. The van der Waals surface area contributed by atoms with Gasteiger partial charge in [0.05, 0.1) is 17.1 Å². The molecule has 126 valence electrons. The lowest BCUT2D eigenvalue weighted by atomic mass is 10.0. The first kappa shape index (κ1) is 15.8. The van der Waals surface area contributed by atoms with Gasteiger partial charge in [-0.15, -0.1) is 0 Å². The van der Waals surface area contributed by atoms with Crippen LogP contribution < -0.4 is 0 Å². The molecular weight excluding hydrogens is 324 g/mol. The predicted molar refractivity (Wildman–Crippen MR) is 102 cm³/mol. The highest BCUT2D eigenvalue weighted by atomic mass is 16.3. The van der Waals surface area contributed by atoms with Gasteiger partial charge >= 0.3 is 0 Å². The number of pyridine rings is 2. The number of benzene rings is 2. The number of nitrogens with zero attached hydrogens (tertiary/aromatic N) is 2. The van der Waals surface area contributed by atoms with Crippen LogP contribution in [0.15, 0.2) is 85.1 Å². The Labute approximate surface area is 151 Å². The topological polar surface area (TPSA) is 66.2 Å². The predicted octanol–water partition coefficient (Wildman–Crippen LogP) is 4.89. The molecule has 0 aliphatic heterocycles. The van der Waals surface area contributed by atoms with Crippen LogP contribution >= 0.6 is 0 Å². The van der Waals surface area contributed by atoms with Crippen molar-refractivity contribution < 1.29 is 10.2 Å². The number of phenolic OH excluding ortho intramolecular Hbond substituents is 2. The van der Waals surface area contributed by atoms with E-state index in [4.69, 9.17) is 4.98 Å². The lowest BCUT2D eigenvalue weighted by Gasteiger charge is -2.10. The first-order valence-electron chi connectivity index (χ1n) is 8.21. The van der Waals surface area contributed by atoms with Crippen molar-refractivity contribution in [3.8, 4) is 45.3 Å². The molecule has 2 heterocycles. The summed E-state index contributed by atoms with van der Waals surface area (Å²) in [5.74, 6) is 0.373. The number of aromatic hydroxyl groups is 2. The molecule has 0 radical (unpaired) electrons. The Kier molecular flexibility index (Phi) is 4.07. The summed E-state index contributed by atoms with van der Waals surface area (Å²) in [6.07, 6.45) is 1.75. The molecule has 0 spiro atoms. The third-order valence-electron chi connectivity index (χ3n) is 4.07. The van der Waals surface area contributed by atoms with E-state index in [9.17, 15) is 10.2 Å². The minimum atomic E-state index is 0.187. The summed E-state index contributed by atoms with van der Waals surface area (Å²) >= 11 is 0. The lowest BCUT2D eigenvalue weighted by molar-refractivity contribution is 0.475. The third kappa shape index (κ3) is 3.26. The molecule has 0 aliphatic carbocycles. The molecule has 4 aromatic rings. The van der Waals surface area contributed by atoms with Crippen LogP contribution in [0, 0.1) is 0 Å². The molecule has 2 aromatic carbocycles. The van der Waals surface area contributed by atoms with Crippen molar-refractivity contribution in [3.63, 3.8) is 0 Å². The van der Waals surface area contributed by atoms with Crippen LogP contribution in [-0.2, 0) is 0 Å². The van der Waals surface area contributed by atoms with Crippen LogP contribution in [0.2, 0.25) is 0 Å². The summed E-state index contributed by atoms with van der Waals surface area (Å²) in [4.78, 5) is 9.16. The van der Waals surface area contributed by atoms with Gasteiger partial charge in [-0.1, -0.05) is 30.3 Å². The Morgan fingerprint density at radius 2 is 1.15 bits per heavy atom. The minimum Gasteiger partial charge on any atom is -0.508 e. The van der Waals surface area contributed by atoms with Crippen LogP contribution in [0.5, 0.6) is 11.5 Å². The average molecular weight is 340 g/mol. The molecule has 0 amide bonds. The van der Waals surface area contributed by atoms with E-state index in [1.165, 1.54) is 0 Å². The Morgan fingerprint density at radius 3 is 1.65 bits per heavy atom. The maximum atomic E-state index is 9.81. The van der Waals surface area contributed by atoms with E-state index >= 15 is 0 Å². The number of rotatable bonds is 3. The van der Waals surface area contributed by atoms with Crippen LogP contribution in [0.4, 0.5) is 0 Å². The Balaban J connectivity index is 1.93. The van der Waals surface area contributed by atoms with Crippen molar-refractivity contribution in [2.75, 3.05) is 0 Å². The van der Waals surface area contributed by atoms with E-state index in [1.54, 1.807) is 42.6 Å². The van der Waals surface area contributed by atoms with Crippen LogP contribution in [0.3, 0.4) is 0 Å². The molecule has 2 aromatic heterocycles. The second-order valence-electron chi connectivity index (χ2n) is 5.94. The second kappa shape index (κ2) is 6.69. The maximum absolute atomic E-state index is 9.81. The molecule has 26 heavy (non-hydrogen) atoms. The van der Waals surface area contributed by atoms with E-state index in [-0.39, 0.29) is 11.5 Å². The van der Waals surface area contributed by atoms with Crippen molar-refractivity contribution in [2.45, 2.75) is 0 Å². The molecule has 4 rings (SSSR count). The van der Waals surface area contributed by atoms with Gasteiger partial charge in [0.25, 0.3) is 0 Å². The first-order valence-corrected chi connectivity index (χ1v) is 8.21. The van der Waals surface area contributed by atoms with Gasteiger partial charge in [0.15, 0.2) is 0 Å². The van der Waals surface area contributed by atoms with Crippen molar-refractivity contribution in [2.24, 2.45) is 0 Å². The molecule has 0 unspecified atom stereocenters. The zero-order chi connectivity index (χ0) is 17.9. The van der Waals surface area contributed by atoms with Crippen LogP contribution in [0.25, 0.3) is 33.8 Å². The summed E-state index contributed by atoms with van der Waals surface area (Å²) in [5.41, 5.74) is 4.81. The van der Waals surface area contributed by atoms with Gasteiger partial charge in [-0.05, 0) is 48.5 Å². The molecule has 0 aliphatic rings. The number of aromatic nitrogens is 2. The van der Waals surface area contributed by atoms with Gasteiger partial charge in [0.1, 0.15) is 11.5 Å². The molecule has 0 saturated heterocycles. The number of hydrogen-bond donors (Lipinski definition) is 2. The molecule has 0 saturated carbocycles. The highest BCUT2D eigenvalue weighted by molar-refractivity contribution is 5.75. The standard InChI is InChI=1S/C22H16N2O2/c25-18-7-3-5-15(11-18)21-13-17(20-9-1-2-10-23-20)14-22(24-21)16-6-4-8-19(26)12-16/h1-14,25-26H. The van der Waals surface area contributed by atoms with Gasteiger partial charge in [0.2, 0.25) is 0 Å². The SMILES string of the molecule is Oc1cccc(-c2cc(-c3ccccn3)cc(-c3cccc(O)c3)n2)c1. The number of hydrogen-bond acceptors (Lipinski definition) is 4. The van der Waals surface area contributed by atoms with Gasteiger partial charge in [-0.2, -0.15) is 0 Å². The average Bonchev–Trinajstić information content (AvgIpc) is 2.68. The Morgan fingerprint density at radius 1 is 0.538 bits per heavy atom. The molecule has 4 heteroatoms. The van der Waals surface area contributed by atoms with Crippen molar-refractivity contribution in [1.29, 1.82) is 0 Å². The first-order chi connectivity index (χ1) is 12.7. The fraction of sp³-hybridized carbons (Fsp3) is 0. The minimum absolute atomic E-state index is 0.187. The molecule has 0 fully saturated rings.